The standard InChI is InChI=1S/C30H33NO4/c1-19-13-14-31(17-19)20(2)18-34-26-10-7-22(8-11-26)30-29(23-5-4-6-24(32)15-23)21(3)27-16-25(33)9-12-28(27)35-30/h4-12,15-16,19-21,32-33H,13-14,17-18H2,1-3H3/t19-,20-,21?/m0/s1. The minimum atomic E-state index is -0.0396. The van der Waals surface area contributed by atoms with Crippen LogP contribution in [0.2, 0.25) is 0 Å². The highest BCUT2D eigenvalue weighted by Crippen LogP contribution is 2.47. The summed E-state index contributed by atoms with van der Waals surface area (Å²) in [5.41, 5.74) is 3.69. The van der Waals surface area contributed by atoms with E-state index < -0.39 is 0 Å². The zero-order valence-electron chi connectivity index (χ0n) is 20.6. The summed E-state index contributed by atoms with van der Waals surface area (Å²) in [6.07, 6.45) is 1.26. The molecule has 0 bridgehead atoms. The fourth-order valence-electron chi connectivity index (χ4n) is 5.15. The lowest BCUT2D eigenvalue weighted by Gasteiger charge is -2.29. The Morgan fingerprint density at radius 1 is 0.971 bits per heavy atom. The van der Waals surface area contributed by atoms with E-state index in [1.54, 1.807) is 30.3 Å². The minimum Gasteiger partial charge on any atom is -0.508 e. The van der Waals surface area contributed by atoms with Crippen LogP contribution in [-0.2, 0) is 0 Å². The van der Waals surface area contributed by atoms with Crippen LogP contribution in [0.3, 0.4) is 0 Å². The molecule has 5 nitrogen and oxygen atoms in total. The van der Waals surface area contributed by atoms with Gasteiger partial charge in [0.1, 0.15) is 35.4 Å². The van der Waals surface area contributed by atoms with Gasteiger partial charge in [0.15, 0.2) is 0 Å². The average molecular weight is 472 g/mol. The van der Waals surface area contributed by atoms with E-state index in [4.69, 9.17) is 9.47 Å². The molecule has 0 amide bonds. The summed E-state index contributed by atoms with van der Waals surface area (Å²) >= 11 is 0. The molecule has 5 rings (SSSR count). The third kappa shape index (κ3) is 4.87. The van der Waals surface area contributed by atoms with Gasteiger partial charge in [0, 0.05) is 35.2 Å². The van der Waals surface area contributed by atoms with Crippen molar-refractivity contribution < 1.29 is 19.7 Å². The van der Waals surface area contributed by atoms with Crippen LogP contribution in [-0.4, -0.2) is 40.9 Å². The Morgan fingerprint density at radius 3 is 2.46 bits per heavy atom. The third-order valence-corrected chi connectivity index (χ3v) is 7.19. The van der Waals surface area contributed by atoms with Gasteiger partial charge in [-0.05, 0) is 86.0 Å². The Kier molecular flexibility index (Phi) is 6.44. The number of phenolic OH excluding ortho intramolecular Hbond substituents is 2. The molecule has 35 heavy (non-hydrogen) atoms. The first kappa shape index (κ1) is 23.3. The van der Waals surface area contributed by atoms with Gasteiger partial charge in [-0.3, -0.25) is 4.90 Å². The molecule has 2 aliphatic rings. The summed E-state index contributed by atoms with van der Waals surface area (Å²) < 4.78 is 12.5. The van der Waals surface area contributed by atoms with E-state index >= 15 is 0 Å². The van der Waals surface area contributed by atoms with E-state index in [1.807, 2.05) is 36.4 Å². The molecule has 2 heterocycles. The fourth-order valence-corrected chi connectivity index (χ4v) is 5.15. The number of allylic oxidation sites excluding steroid dienone is 1. The quantitative estimate of drug-likeness (QED) is 0.444. The van der Waals surface area contributed by atoms with Crippen LogP contribution < -0.4 is 9.47 Å². The van der Waals surface area contributed by atoms with Crippen LogP contribution in [0, 0.1) is 5.92 Å². The smallest absolute Gasteiger partial charge is 0.139 e. The second-order valence-electron chi connectivity index (χ2n) is 9.91. The van der Waals surface area contributed by atoms with Crippen molar-refractivity contribution in [3.8, 4) is 23.0 Å². The van der Waals surface area contributed by atoms with Crippen molar-refractivity contribution in [1.82, 2.24) is 4.90 Å². The second-order valence-corrected chi connectivity index (χ2v) is 9.91. The van der Waals surface area contributed by atoms with E-state index in [-0.39, 0.29) is 17.4 Å². The number of phenols is 2. The summed E-state index contributed by atoms with van der Waals surface area (Å²) in [7, 11) is 0. The number of ether oxygens (including phenoxy) is 2. The summed E-state index contributed by atoms with van der Waals surface area (Å²) in [5.74, 6) is 3.43. The van der Waals surface area contributed by atoms with Gasteiger partial charge in [-0.2, -0.15) is 0 Å². The summed E-state index contributed by atoms with van der Waals surface area (Å²) in [4.78, 5) is 2.50. The highest BCUT2D eigenvalue weighted by atomic mass is 16.5. The maximum atomic E-state index is 10.1. The molecule has 3 aromatic rings. The molecule has 3 atom stereocenters. The summed E-state index contributed by atoms with van der Waals surface area (Å²) in [5, 5.41) is 20.2. The molecular formula is C30H33NO4. The number of rotatable bonds is 6. The van der Waals surface area contributed by atoms with Crippen molar-refractivity contribution in [2.24, 2.45) is 5.92 Å². The van der Waals surface area contributed by atoms with Crippen LogP contribution in [0.5, 0.6) is 23.0 Å². The lowest BCUT2D eigenvalue weighted by atomic mass is 9.83. The monoisotopic (exact) mass is 471 g/mol. The first-order chi connectivity index (χ1) is 16.9. The number of fused-ring (bicyclic) bond motifs is 1. The Morgan fingerprint density at radius 2 is 1.74 bits per heavy atom. The Bertz CT molecular complexity index is 1230. The van der Waals surface area contributed by atoms with Gasteiger partial charge in [0.2, 0.25) is 0 Å². The van der Waals surface area contributed by atoms with Gasteiger partial charge in [-0.1, -0.05) is 26.0 Å². The SMILES string of the molecule is CC1C(c2cccc(O)c2)=C(c2ccc(OC[C@H](C)N3CC[C@H](C)C3)cc2)Oc2ccc(O)cc21. The van der Waals surface area contributed by atoms with E-state index in [1.165, 1.54) is 6.42 Å². The maximum absolute atomic E-state index is 10.1. The lowest BCUT2D eigenvalue weighted by Crippen LogP contribution is -2.35. The molecule has 0 aliphatic carbocycles. The lowest BCUT2D eigenvalue weighted by molar-refractivity contribution is 0.169. The maximum Gasteiger partial charge on any atom is 0.139 e. The van der Waals surface area contributed by atoms with Gasteiger partial charge in [0.25, 0.3) is 0 Å². The number of hydrogen-bond donors (Lipinski definition) is 2. The molecule has 0 radical (unpaired) electrons. The molecule has 182 valence electrons. The van der Waals surface area contributed by atoms with Gasteiger partial charge < -0.3 is 19.7 Å². The zero-order valence-corrected chi connectivity index (χ0v) is 20.6. The van der Waals surface area contributed by atoms with E-state index in [9.17, 15) is 10.2 Å². The van der Waals surface area contributed by atoms with Crippen molar-refractivity contribution >= 4 is 11.3 Å². The van der Waals surface area contributed by atoms with Crippen LogP contribution in [0.15, 0.2) is 66.7 Å². The van der Waals surface area contributed by atoms with Crippen molar-refractivity contribution in [3.05, 3.63) is 83.4 Å². The van der Waals surface area contributed by atoms with Crippen molar-refractivity contribution in [2.45, 2.75) is 39.2 Å². The molecular weight excluding hydrogens is 438 g/mol. The van der Waals surface area contributed by atoms with Crippen LogP contribution in [0.4, 0.5) is 0 Å². The van der Waals surface area contributed by atoms with Gasteiger partial charge in [-0.25, -0.2) is 0 Å². The van der Waals surface area contributed by atoms with Crippen LogP contribution in [0.25, 0.3) is 11.3 Å². The average Bonchev–Trinajstić information content (AvgIpc) is 3.29. The summed E-state index contributed by atoms with van der Waals surface area (Å²) in [6, 6.07) is 20.8. The molecule has 5 heteroatoms. The Hall–Kier alpha value is -3.44. The molecule has 2 aliphatic heterocycles. The molecule has 3 aromatic carbocycles. The van der Waals surface area contributed by atoms with Gasteiger partial charge >= 0.3 is 0 Å². The van der Waals surface area contributed by atoms with Gasteiger partial charge in [-0.15, -0.1) is 0 Å². The van der Waals surface area contributed by atoms with Crippen molar-refractivity contribution in [3.63, 3.8) is 0 Å². The minimum absolute atomic E-state index is 0.0396. The van der Waals surface area contributed by atoms with Crippen LogP contribution in [0.1, 0.15) is 49.8 Å². The molecule has 0 spiro atoms. The first-order valence-electron chi connectivity index (χ1n) is 12.4. The van der Waals surface area contributed by atoms with Gasteiger partial charge in [0.05, 0.1) is 0 Å². The molecule has 2 N–H and O–H groups in total. The number of nitrogens with zero attached hydrogens (tertiary/aromatic N) is 1. The molecule has 1 saturated heterocycles. The van der Waals surface area contributed by atoms with Crippen molar-refractivity contribution in [2.75, 3.05) is 19.7 Å². The zero-order chi connectivity index (χ0) is 24.5. The molecule has 1 fully saturated rings. The topological polar surface area (TPSA) is 62.2 Å². The summed E-state index contributed by atoms with van der Waals surface area (Å²) in [6.45, 7) is 9.58. The van der Waals surface area contributed by atoms with Crippen molar-refractivity contribution in [1.29, 1.82) is 0 Å². The van der Waals surface area contributed by atoms with E-state index in [0.29, 0.717) is 12.6 Å². The number of aromatic hydroxyl groups is 2. The third-order valence-electron chi connectivity index (χ3n) is 7.19. The largest absolute Gasteiger partial charge is 0.508 e. The highest BCUT2D eigenvalue weighted by molar-refractivity contribution is 5.93. The van der Waals surface area contributed by atoms with Crippen LogP contribution >= 0.6 is 0 Å². The normalized spacial score (nSPS) is 20.9. The number of likely N-dealkylation sites (tertiary alicyclic amines) is 1. The molecule has 1 unspecified atom stereocenters. The predicted octanol–water partition coefficient (Wildman–Crippen LogP) is 6.27. The second kappa shape index (κ2) is 9.67. The van der Waals surface area contributed by atoms with E-state index in [2.05, 4.69) is 25.7 Å². The molecule has 0 aromatic heterocycles. The van der Waals surface area contributed by atoms with E-state index in [0.717, 1.165) is 58.5 Å². The predicted molar refractivity (Wildman–Crippen MR) is 139 cm³/mol. The first-order valence-corrected chi connectivity index (χ1v) is 12.4. The molecule has 0 saturated carbocycles. The fraction of sp³-hybridized carbons (Fsp3) is 0.333. The highest BCUT2D eigenvalue weighted by Gasteiger charge is 2.29. The Balaban J connectivity index is 1.43. The Labute approximate surface area is 207 Å². The number of benzene rings is 3. The number of hydrogen-bond acceptors (Lipinski definition) is 5.